The molecule has 2 rings (SSSR count). The van der Waals surface area contributed by atoms with Gasteiger partial charge >= 0.3 is 0 Å². The molecule has 1 aliphatic rings. The van der Waals surface area contributed by atoms with E-state index in [1.54, 1.807) is 6.07 Å². The summed E-state index contributed by atoms with van der Waals surface area (Å²) in [5.74, 6) is 0.0159. The molecule has 110 valence electrons. The highest BCUT2D eigenvalue weighted by atomic mass is 35.5. The summed E-state index contributed by atoms with van der Waals surface area (Å²) in [5, 5.41) is 8.27. The lowest BCUT2D eigenvalue weighted by molar-refractivity contribution is 0.0440. The molecule has 1 unspecified atom stereocenters. The Morgan fingerprint density at radius 2 is 2.35 bits per heavy atom. The molecule has 4 nitrogen and oxygen atoms in total. The monoisotopic (exact) mass is 295 g/mol. The summed E-state index contributed by atoms with van der Waals surface area (Å²) in [6, 6.07) is 5.65. The molecular formula is C15H22ClN3O. The Balaban J connectivity index is 2.18. The number of nitrogens with one attached hydrogen (secondary N) is 1. The van der Waals surface area contributed by atoms with E-state index in [-0.39, 0.29) is 11.9 Å². The second-order valence-electron chi connectivity index (χ2n) is 5.13. The van der Waals surface area contributed by atoms with Gasteiger partial charge in [0, 0.05) is 25.4 Å². The maximum absolute atomic E-state index is 7.73. The lowest BCUT2D eigenvalue weighted by atomic mass is 10.0. The molecule has 1 aliphatic heterocycles. The van der Waals surface area contributed by atoms with Crippen LogP contribution in [-0.2, 0) is 4.74 Å². The highest BCUT2D eigenvalue weighted by Gasteiger charge is 2.23. The molecule has 0 aromatic heterocycles. The second kappa shape index (κ2) is 6.95. The molecule has 1 fully saturated rings. The minimum atomic E-state index is 0.0159. The summed E-state index contributed by atoms with van der Waals surface area (Å²) in [4.78, 5) is 2.23. The first-order valence-corrected chi connectivity index (χ1v) is 7.50. The molecule has 1 aromatic rings. The highest BCUT2D eigenvalue weighted by molar-refractivity contribution is 6.34. The third kappa shape index (κ3) is 3.44. The number of halogens is 1. The molecule has 0 radical (unpaired) electrons. The summed E-state index contributed by atoms with van der Waals surface area (Å²) in [7, 11) is 0. The zero-order valence-electron chi connectivity index (χ0n) is 11.9. The Hall–Kier alpha value is -1.26. The van der Waals surface area contributed by atoms with Crippen LogP contribution >= 0.6 is 11.6 Å². The van der Waals surface area contributed by atoms with Gasteiger partial charge in [-0.05, 0) is 31.4 Å². The number of rotatable bonds is 5. The number of piperidine rings is 1. The largest absolute Gasteiger partial charge is 0.384 e. The average molecular weight is 296 g/mol. The van der Waals surface area contributed by atoms with Gasteiger partial charge in [-0.1, -0.05) is 24.6 Å². The van der Waals surface area contributed by atoms with Crippen LogP contribution in [0.2, 0.25) is 5.02 Å². The van der Waals surface area contributed by atoms with Crippen LogP contribution in [0.3, 0.4) is 0 Å². The lowest BCUT2D eigenvalue weighted by Gasteiger charge is -2.35. The third-order valence-corrected chi connectivity index (χ3v) is 3.85. The van der Waals surface area contributed by atoms with E-state index in [9.17, 15) is 0 Å². The SMILES string of the molecule is CCCOC1CCCN(c2cccc(Cl)c2C(=N)N)C1. The van der Waals surface area contributed by atoms with Crippen LogP contribution in [-0.4, -0.2) is 31.6 Å². The van der Waals surface area contributed by atoms with Crippen molar-refractivity contribution in [2.45, 2.75) is 32.3 Å². The summed E-state index contributed by atoms with van der Waals surface area (Å²) >= 11 is 6.18. The summed E-state index contributed by atoms with van der Waals surface area (Å²) in [6.07, 6.45) is 3.46. The van der Waals surface area contributed by atoms with Gasteiger partial charge < -0.3 is 15.4 Å². The molecule has 1 heterocycles. The van der Waals surface area contributed by atoms with Crippen LogP contribution < -0.4 is 10.6 Å². The summed E-state index contributed by atoms with van der Waals surface area (Å²) < 4.78 is 5.85. The number of benzene rings is 1. The van der Waals surface area contributed by atoms with E-state index in [0.29, 0.717) is 10.6 Å². The number of anilines is 1. The Morgan fingerprint density at radius 1 is 1.55 bits per heavy atom. The molecule has 3 N–H and O–H groups in total. The van der Waals surface area contributed by atoms with Crippen molar-refractivity contribution in [3.05, 3.63) is 28.8 Å². The number of nitrogens with zero attached hydrogens (tertiary/aromatic N) is 1. The summed E-state index contributed by atoms with van der Waals surface area (Å²) in [6.45, 7) is 4.70. The van der Waals surface area contributed by atoms with Gasteiger partial charge in [-0.15, -0.1) is 0 Å². The quantitative estimate of drug-likeness (QED) is 0.648. The number of nitrogens with two attached hydrogens (primary N) is 1. The van der Waals surface area contributed by atoms with Gasteiger partial charge in [0.1, 0.15) is 5.84 Å². The van der Waals surface area contributed by atoms with Crippen molar-refractivity contribution in [2.75, 3.05) is 24.6 Å². The molecule has 0 aliphatic carbocycles. The fourth-order valence-electron chi connectivity index (χ4n) is 2.62. The first-order valence-electron chi connectivity index (χ1n) is 7.13. The molecule has 5 heteroatoms. The van der Waals surface area contributed by atoms with Crippen molar-refractivity contribution in [1.29, 1.82) is 5.41 Å². The first kappa shape index (κ1) is 15.1. The van der Waals surface area contributed by atoms with Gasteiger partial charge in [-0.3, -0.25) is 5.41 Å². The number of hydrogen-bond acceptors (Lipinski definition) is 3. The molecule has 1 atom stereocenters. The number of ether oxygens (including phenoxy) is 1. The van der Waals surface area contributed by atoms with E-state index in [1.165, 1.54) is 0 Å². The molecular weight excluding hydrogens is 274 g/mol. The van der Waals surface area contributed by atoms with Crippen molar-refractivity contribution >= 4 is 23.1 Å². The molecule has 1 aromatic carbocycles. The van der Waals surface area contributed by atoms with Crippen molar-refractivity contribution in [1.82, 2.24) is 0 Å². The Morgan fingerprint density at radius 3 is 3.05 bits per heavy atom. The van der Waals surface area contributed by atoms with E-state index in [0.717, 1.165) is 44.6 Å². The highest BCUT2D eigenvalue weighted by Crippen LogP contribution is 2.29. The Bertz CT molecular complexity index is 478. The van der Waals surface area contributed by atoms with Crippen molar-refractivity contribution in [3.63, 3.8) is 0 Å². The number of nitrogen functional groups attached to an aromatic ring is 1. The van der Waals surface area contributed by atoms with E-state index in [2.05, 4.69) is 11.8 Å². The maximum atomic E-state index is 7.73. The van der Waals surface area contributed by atoms with Crippen molar-refractivity contribution in [3.8, 4) is 0 Å². The molecule has 0 bridgehead atoms. The molecule has 20 heavy (non-hydrogen) atoms. The topological polar surface area (TPSA) is 62.3 Å². The van der Waals surface area contributed by atoms with Gasteiger partial charge in [0.15, 0.2) is 0 Å². The van der Waals surface area contributed by atoms with Crippen LogP contribution in [0, 0.1) is 5.41 Å². The van der Waals surface area contributed by atoms with Crippen LogP contribution in [0.5, 0.6) is 0 Å². The van der Waals surface area contributed by atoms with Gasteiger partial charge in [0.25, 0.3) is 0 Å². The summed E-state index contributed by atoms with van der Waals surface area (Å²) in [5.41, 5.74) is 7.25. The zero-order valence-corrected chi connectivity index (χ0v) is 12.6. The van der Waals surface area contributed by atoms with E-state index in [1.807, 2.05) is 12.1 Å². The van der Waals surface area contributed by atoms with Gasteiger partial charge in [0.05, 0.1) is 16.7 Å². The minimum absolute atomic E-state index is 0.0159. The number of amidine groups is 1. The number of hydrogen-bond donors (Lipinski definition) is 2. The fourth-order valence-corrected chi connectivity index (χ4v) is 2.89. The van der Waals surface area contributed by atoms with Gasteiger partial charge in [-0.25, -0.2) is 0 Å². The van der Waals surface area contributed by atoms with Crippen LogP contribution in [0.1, 0.15) is 31.7 Å². The van der Waals surface area contributed by atoms with E-state index >= 15 is 0 Å². The lowest BCUT2D eigenvalue weighted by Crippen LogP contribution is -2.40. The minimum Gasteiger partial charge on any atom is -0.384 e. The molecule has 0 saturated carbocycles. The second-order valence-corrected chi connectivity index (χ2v) is 5.54. The van der Waals surface area contributed by atoms with Crippen molar-refractivity contribution < 1.29 is 4.74 Å². The smallest absolute Gasteiger partial charge is 0.126 e. The van der Waals surface area contributed by atoms with Crippen LogP contribution in [0.25, 0.3) is 0 Å². The Kier molecular flexibility index (Phi) is 5.26. The molecule has 0 spiro atoms. The van der Waals surface area contributed by atoms with Crippen LogP contribution in [0.4, 0.5) is 5.69 Å². The third-order valence-electron chi connectivity index (χ3n) is 3.54. The van der Waals surface area contributed by atoms with Crippen LogP contribution in [0.15, 0.2) is 18.2 Å². The van der Waals surface area contributed by atoms with E-state index < -0.39 is 0 Å². The molecule has 0 amide bonds. The van der Waals surface area contributed by atoms with Gasteiger partial charge in [-0.2, -0.15) is 0 Å². The first-order chi connectivity index (χ1) is 9.63. The molecule has 1 saturated heterocycles. The standard InChI is InChI=1S/C15H22ClN3O/c1-2-9-20-11-5-4-8-19(10-11)13-7-3-6-12(16)14(13)15(17)18/h3,6-7,11H,2,4-5,8-10H2,1H3,(H3,17,18). The van der Waals surface area contributed by atoms with Crippen molar-refractivity contribution in [2.24, 2.45) is 5.73 Å². The Labute approximate surface area is 125 Å². The maximum Gasteiger partial charge on any atom is 0.126 e. The average Bonchev–Trinajstić information content (AvgIpc) is 2.44. The normalized spacial score (nSPS) is 19.1. The van der Waals surface area contributed by atoms with Gasteiger partial charge in [0.2, 0.25) is 0 Å². The fraction of sp³-hybridized carbons (Fsp3) is 0.533. The predicted octanol–water partition coefficient (Wildman–Crippen LogP) is 3.02. The predicted molar refractivity (Wildman–Crippen MR) is 83.9 cm³/mol. The van der Waals surface area contributed by atoms with E-state index in [4.69, 9.17) is 27.5 Å². The zero-order chi connectivity index (χ0) is 14.5.